The van der Waals surface area contributed by atoms with Gasteiger partial charge in [0.15, 0.2) is 5.78 Å². The van der Waals surface area contributed by atoms with Gasteiger partial charge in [-0.1, -0.05) is 12.1 Å². The quantitative estimate of drug-likeness (QED) is 0.663. The van der Waals surface area contributed by atoms with Crippen LogP contribution >= 0.6 is 0 Å². The number of hydrogen-bond acceptors (Lipinski definition) is 5. The van der Waals surface area contributed by atoms with Gasteiger partial charge in [0, 0.05) is 12.0 Å². The van der Waals surface area contributed by atoms with Gasteiger partial charge in [0.25, 0.3) is 0 Å². The summed E-state index contributed by atoms with van der Waals surface area (Å²) in [6, 6.07) is 12.6. The number of alkyl carbamates (subject to hydrolysis) is 1. The van der Waals surface area contributed by atoms with Gasteiger partial charge in [-0.2, -0.15) is 5.26 Å². The summed E-state index contributed by atoms with van der Waals surface area (Å²) in [6.07, 6.45) is -0.646. The molecule has 0 saturated heterocycles. The highest BCUT2D eigenvalue weighted by molar-refractivity contribution is 6.00. The van der Waals surface area contributed by atoms with E-state index in [-0.39, 0.29) is 18.5 Å². The van der Waals surface area contributed by atoms with E-state index in [1.807, 2.05) is 6.07 Å². The monoisotopic (exact) mass is 425 g/mol. The maximum atomic E-state index is 13.0. The van der Waals surface area contributed by atoms with Crippen molar-refractivity contribution in [2.75, 3.05) is 6.54 Å². The highest BCUT2D eigenvalue weighted by atomic mass is 19.1. The van der Waals surface area contributed by atoms with Gasteiger partial charge in [-0.15, -0.1) is 0 Å². The van der Waals surface area contributed by atoms with Crippen molar-refractivity contribution in [2.24, 2.45) is 0 Å². The van der Waals surface area contributed by atoms with Crippen LogP contribution in [0.1, 0.15) is 42.3 Å². The van der Waals surface area contributed by atoms with Crippen LogP contribution in [0.5, 0.6) is 0 Å². The van der Waals surface area contributed by atoms with Gasteiger partial charge in [0.1, 0.15) is 17.5 Å². The number of ether oxygens (including phenoxy) is 1. The van der Waals surface area contributed by atoms with Crippen LogP contribution < -0.4 is 10.6 Å². The Morgan fingerprint density at radius 1 is 1.06 bits per heavy atom. The zero-order valence-electron chi connectivity index (χ0n) is 17.6. The standard InChI is InChI=1S/C23H24FN3O4/c1-23(2,3)31-22(30)27-19(12-15-4-6-16(13-25)7-5-15)21(29)26-14-20(28)17-8-10-18(24)11-9-17/h4-11,19H,12,14H2,1-3H3,(H,26,29)(H,27,30)/t19-/m0/s1. The Balaban J connectivity index is 2.08. The van der Waals surface area contributed by atoms with E-state index in [4.69, 9.17) is 10.00 Å². The fraction of sp³-hybridized carbons (Fsp3) is 0.304. The van der Waals surface area contributed by atoms with Crippen LogP contribution in [0.3, 0.4) is 0 Å². The first-order valence-corrected chi connectivity index (χ1v) is 9.62. The molecule has 0 bridgehead atoms. The van der Waals surface area contributed by atoms with E-state index in [9.17, 15) is 18.8 Å². The molecule has 162 valence electrons. The molecule has 0 radical (unpaired) electrons. The minimum Gasteiger partial charge on any atom is -0.444 e. The summed E-state index contributed by atoms with van der Waals surface area (Å²) in [5.74, 6) is -1.45. The first-order valence-electron chi connectivity index (χ1n) is 9.62. The topological polar surface area (TPSA) is 108 Å². The van der Waals surface area contributed by atoms with Crippen LogP contribution in [-0.4, -0.2) is 36.0 Å². The van der Waals surface area contributed by atoms with E-state index < -0.39 is 35.2 Å². The minimum atomic E-state index is -1.01. The minimum absolute atomic E-state index is 0.127. The number of nitriles is 1. The molecule has 2 aromatic carbocycles. The average Bonchev–Trinajstić information content (AvgIpc) is 2.71. The van der Waals surface area contributed by atoms with Crippen molar-refractivity contribution in [3.05, 3.63) is 71.0 Å². The molecule has 0 aromatic heterocycles. The third-order valence-electron chi connectivity index (χ3n) is 4.12. The molecule has 0 spiro atoms. The molecule has 2 aromatic rings. The molecule has 0 fully saturated rings. The lowest BCUT2D eigenvalue weighted by Crippen LogP contribution is -2.50. The predicted octanol–water partition coefficient (Wildman–Crippen LogP) is 3.13. The molecule has 0 unspecified atom stereocenters. The normalized spacial score (nSPS) is 11.7. The van der Waals surface area contributed by atoms with Crippen molar-refractivity contribution in [1.29, 1.82) is 5.26 Å². The number of hydrogen-bond donors (Lipinski definition) is 2. The SMILES string of the molecule is CC(C)(C)OC(=O)N[C@@H](Cc1ccc(C#N)cc1)C(=O)NCC(=O)c1ccc(F)cc1. The zero-order chi connectivity index (χ0) is 23.0. The number of halogens is 1. The summed E-state index contributed by atoms with van der Waals surface area (Å²) in [4.78, 5) is 37.2. The van der Waals surface area contributed by atoms with Gasteiger partial charge in [0.2, 0.25) is 5.91 Å². The maximum Gasteiger partial charge on any atom is 0.408 e. The Morgan fingerprint density at radius 3 is 2.23 bits per heavy atom. The first-order chi connectivity index (χ1) is 14.6. The molecular formula is C23H24FN3O4. The van der Waals surface area contributed by atoms with Crippen molar-refractivity contribution in [3.8, 4) is 6.07 Å². The van der Waals surface area contributed by atoms with Crippen LogP contribution in [-0.2, 0) is 16.0 Å². The molecule has 31 heavy (non-hydrogen) atoms. The van der Waals surface area contributed by atoms with Crippen LogP contribution in [0.4, 0.5) is 9.18 Å². The fourth-order valence-corrected chi connectivity index (χ4v) is 2.64. The average molecular weight is 425 g/mol. The number of nitrogens with one attached hydrogen (secondary N) is 2. The largest absolute Gasteiger partial charge is 0.444 e. The van der Waals surface area contributed by atoms with Gasteiger partial charge in [0.05, 0.1) is 18.2 Å². The molecule has 1 atom stereocenters. The van der Waals surface area contributed by atoms with Crippen LogP contribution in [0.25, 0.3) is 0 Å². The highest BCUT2D eigenvalue weighted by Crippen LogP contribution is 2.10. The van der Waals surface area contributed by atoms with Gasteiger partial charge >= 0.3 is 6.09 Å². The van der Waals surface area contributed by atoms with E-state index in [1.54, 1.807) is 45.0 Å². The first kappa shape index (κ1) is 23.5. The molecule has 2 N–H and O–H groups in total. The van der Waals surface area contributed by atoms with E-state index in [0.717, 1.165) is 12.1 Å². The lowest BCUT2D eigenvalue weighted by Gasteiger charge is -2.23. The third kappa shape index (κ3) is 7.90. The molecule has 0 aliphatic carbocycles. The van der Waals surface area contributed by atoms with Crippen molar-refractivity contribution in [2.45, 2.75) is 38.8 Å². The van der Waals surface area contributed by atoms with Gasteiger partial charge in [-0.25, -0.2) is 9.18 Å². The summed E-state index contributed by atoms with van der Waals surface area (Å²) in [6.45, 7) is 4.78. The summed E-state index contributed by atoms with van der Waals surface area (Å²) >= 11 is 0. The number of carbonyl (C=O) groups is 3. The smallest absolute Gasteiger partial charge is 0.408 e. The van der Waals surface area contributed by atoms with E-state index >= 15 is 0 Å². The molecule has 0 aliphatic rings. The predicted molar refractivity (Wildman–Crippen MR) is 112 cm³/mol. The van der Waals surface area contributed by atoms with Crippen molar-refractivity contribution in [3.63, 3.8) is 0 Å². The van der Waals surface area contributed by atoms with Crippen molar-refractivity contribution < 1.29 is 23.5 Å². The molecule has 0 heterocycles. The van der Waals surface area contributed by atoms with E-state index in [1.165, 1.54) is 12.1 Å². The Labute approximate surface area is 180 Å². The van der Waals surface area contributed by atoms with Gasteiger partial charge in [-0.05, 0) is 62.7 Å². The molecule has 0 aliphatic heterocycles. The molecule has 7 nitrogen and oxygen atoms in total. The number of ketones is 1. The summed E-state index contributed by atoms with van der Waals surface area (Å²) in [7, 11) is 0. The summed E-state index contributed by atoms with van der Waals surface area (Å²) < 4.78 is 18.2. The number of rotatable bonds is 7. The third-order valence-corrected chi connectivity index (χ3v) is 4.12. The molecule has 2 amide bonds. The lowest BCUT2D eigenvalue weighted by molar-refractivity contribution is -0.123. The second kappa shape index (κ2) is 10.3. The second-order valence-electron chi connectivity index (χ2n) is 7.86. The van der Waals surface area contributed by atoms with Crippen LogP contribution in [0.15, 0.2) is 48.5 Å². The number of benzene rings is 2. The van der Waals surface area contributed by atoms with Crippen LogP contribution in [0.2, 0.25) is 0 Å². The molecule has 8 heteroatoms. The van der Waals surface area contributed by atoms with Gasteiger partial charge in [-0.3, -0.25) is 9.59 Å². The lowest BCUT2D eigenvalue weighted by atomic mass is 10.0. The van der Waals surface area contributed by atoms with Crippen molar-refractivity contribution >= 4 is 17.8 Å². The Kier molecular flexibility index (Phi) is 7.86. The molecule has 0 saturated carbocycles. The highest BCUT2D eigenvalue weighted by Gasteiger charge is 2.25. The Morgan fingerprint density at radius 2 is 1.68 bits per heavy atom. The fourth-order valence-electron chi connectivity index (χ4n) is 2.64. The Bertz CT molecular complexity index is 974. The number of nitrogens with zero attached hydrogens (tertiary/aromatic N) is 1. The second-order valence-corrected chi connectivity index (χ2v) is 7.86. The van der Waals surface area contributed by atoms with Crippen LogP contribution in [0, 0.1) is 17.1 Å². The number of carbonyl (C=O) groups excluding carboxylic acids is 3. The maximum absolute atomic E-state index is 13.0. The van der Waals surface area contributed by atoms with Crippen molar-refractivity contribution in [1.82, 2.24) is 10.6 Å². The molecule has 2 rings (SSSR count). The van der Waals surface area contributed by atoms with Gasteiger partial charge < -0.3 is 15.4 Å². The summed E-state index contributed by atoms with van der Waals surface area (Å²) in [5.41, 5.74) is 0.679. The summed E-state index contributed by atoms with van der Waals surface area (Å²) in [5, 5.41) is 13.9. The number of Topliss-reactive ketones (excluding diaryl/α,β-unsaturated/α-hetero) is 1. The zero-order valence-corrected chi connectivity index (χ0v) is 17.6. The van der Waals surface area contributed by atoms with E-state index in [2.05, 4.69) is 10.6 Å². The van der Waals surface area contributed by atoms with E-state index in [0.29, 0.717) is 11.1 Å². The number of amides is 2. The molecular weight excluding hydrogens is 401 g/mol. The Hall–Kier alpha value is -3.73.